The first kappa shape index (κ1) is 11.4. The van der Waals surface area contributed by atoms with Crippen LogP contribution in [0.2, 0.25) is 0 Å². The molecular formula is C9H11BrFNO2. The van der Waals surface area contributed by atoms with Gasteiger partial charge in [-0.15, -0.1) is 0 Å². The van der Waals surface area contributed by atoms with Crippen LogP contribution in [-0.4, -0.2) is 16.8 Å². The zero-order chi connectivity index (χ0) is 10.7. The summed E-state index contributed by atoms with van der Waals surface area (Å²) in [6.45, 7) is 0.321. The molecule has 5 heteroatoms. The lowest BCUT2D eigenvalue weighted by molar-refractivity contribution is 0.169. The normalized spacial score (nSPS) is 12.9. The Morgan fingerprint density at radius 2 is 2.14 bits per heavy atom. The van der Waals surface area contributed by atoms with Crippen molar-refractivity contribution < 1.29 is 14.6 Å². The average Bonchev–Trinajstić information content (AvgIpc) is 2.13. The molecule has 0 aromatic heterocycles. The van der Waals surface area contributed by atoms with E-state index in [1.54, 1.807) is 0 Å². The van der Waals surface area contributed by atoms with Crippen molar-refractivity contribution in [1.29, 1.82) is 0 Å². The molecule has 1 aromatic carbocycles. The zero-order valence-corrected chi connectivity index (χ0v) is 8.96. The molecule has 0 radical (unpaired) electrons. The first-order valence-electron chi connectivity index (χ1n) is 4.12. The summed E-state index contributed by atoms with van der Waals surface area (Å²) < 4.78 is 13.2. The van der Waals surface area contributed by atoms with E-state index in [2.05, 4.69) is 15.9 Å². The van der Waals surface area contributed by atoms with Gasteiger partial charge in [-0.1, -0.05) is 0 Å². The number of phenols is 1. The van der Waals surface area contributed by atoms with Gasteiger partial charge in [0.2, 0.25) is 0 Å². The largest absolute Gasteiger partial charge is 0.504 e. The predicted molar refractivity (Wildman–Crippen MR) is 54.4 cm³/mol. The van der Waals surface area contributed by atoms with Crippen molar-refractivity contribution in [2.24, 2.45) is 5.73 Å². The zero-order valence-electron chi connectivity index (χ0n) is 7.37. The highest BCUT2D eigenvalue weighted by Gasteiger charge is 2.12. The van der Waals surface area contributed by atoms with Crippen molar-refractivity contribution in [1.82, 2.24) is 0 Å². The van der Waals surface area contributed by atoms with Gasteiger partial charge >= 0.3 is 0 Å². The van der Waals surface area contributed by atoms with Gasteiger partial charge < -0.3 is 15.9 Å². The second-order valence-electron chi connectivity index (χ2n) is 2.93. The third-order valence-corrected chi connectivity index (χ3v) is 2.47. The first-order chi connectivity index (χ1) is 6.56. The quantitative estimate of drug-likeness (QED) is 0.778. The molecule has 1 rings (SSSR count). The summed E-state index contributed by atoms with van der Waals surface area (Å²) in [6.07, 6.45) is -0.442. The molecule has 0 fully saturated rings. The van der Waals surface area contributed by atoms with E-state index in [-0.39, 0.29) is 4.47 Å². The third kappa shape index (κ3) is 2.43. The predicted octanol–water partition coefficient (Wildman–Crippen LogP) is 1.68. The van der Waals surface area contributed by atoms with Crippen LogP contribution in [0.3, 0.4) is 0 Å². The lowest BCUT2D eigenvalue weighted by atomic mass is 10.1. The highest BCUT2D eigenvalue weighted by Crippen LogP contribution is 2.30. The van der Waals surface area contributed by atoms with Crippen LogP contribution in [-0.2, 0) is 0 Å². The Morgan fingerprint density at radius 3 is 2.64 bits per heavy atom. The third-order valence-electron chi connectivity index (χ3n) is 1.86. The Bertz CT molecular complexity index is 310. The molecule has 4 N–H and O–H groups in total. The monoisotopic (exact) mass is 263 g/mol. The lowest BCUT2D eigenvalue weighted by Gasteiger charge is -2.10. The molecule has 0 aliphatic rings. The van der Waals surface area contributed by atoms with Gasteiger partial charge in [-0.05, 0) is 46.6 Å². The standard InChI is InChI=1S/C9H11BrFNO2/c10-6-3-5(8(13)1-2-12)4-7(11)9(6)14/h3-4,8,13-14H,1-2,12H2. The maximum Gasteiger partial charge on any atom is 0.166 e. The lowest BCUT2D eigenvalue weighted by Crippen LogP contribution is -2.07. The van der Waals surface area contributed by atoms with Crippen LogP contribution in [0.1, 0.15) is 18.1 Å². The molecule has 0 heterocycles. The van der Waals surface area contributed by atoms with Crippen LogP contribution < -0.4 is 5.73 Å². The molecule has 0 bridgehead atoms. The van der Waals surface area contributed by atoms with Crippen LogP contribution in [0, 0.1) is 5.82 Å². The van der Waals surface area contributed by atoms with Gasteiger partial charge in [-0.25, -0.2) is 4.39 Å². The van der Waals surface area contributed by atoms with Gasteiger partial charge in [0.05, 0.1) is 10.6 Å². The average molecular weight is 264 g/mol. The smallest absolute Gasteiger partial charge is 0.166 e. The van der Waals surface area contributed by atoms with Crippen molar-refractivity contribution in [3.05, 3.63) is 28.0 Å². The van der Waals surface area contributed by atoms with Gasteiger partial charge in [-0.3, -0.25) is 0 Å². The van der Waals surface area contributed by atoms with Crippen molar-refractivity contribution in [3.8, 4) is 5.75 Å². The number of phenolic OH excluding ortho intramolecular Hbond substituents is 1. The van der Waals surface area contributed by atoms with Crippen LogP contribution in [0.15, 0.2) is 16.6 Å². The van der Waals surface area contributed by atoms with E-state index in [0.29, 0.717) is 18.5 Å². The molecule has 0 saturated carbocycles. The SMILES string of the molecule is NCCC(O)c1cc(F)c(O)c(Br)c1. The molecule has 0 aliphatic carbocycles. The van der Waals surface area contributed by atoms with E-state index in [9.17, 15) is 9.50 Å². The summed E-state index contributed by atoms with van der Waals surface area (Å²) in [4.78, 5) is 0. The highest BCUT2D eigenvalue weighted by molar-refractivity contribution is 9.10. The van der Waals surface area contributed by atoms with Crippen molar-refractivity contribution in [2.45, 2.75) is 12.5 Å². The van der Waals surface area contributed by atoms with Gasteiger partial charge in [0.15, 0.2) is 11.6 Å². The van der Waals surface area contributed by atoms with E-state index in [4.69, 9.17) is 10.8 Å². The molecule has 0 spiro atoms. The van der Waals surface area contributed by atoms with E-state index in [1.807, 2.05) is 0 Å². The number of aromatic hydroxyl groups is 1. The summed E-state index contributed by atoms with van der Waals surface area (Å²) in [6, 6.07) is 2.57. The fourth-order valence-electron chi connectivity index (χ4n) is 1.10. The summed E-state index contributed by atoms with van der Waals surface area (Å²) in [7, 11) is 0. The molecule has 1 atom stereocenters. The first-order valence-corrected chi connectivity index (χ1v) is 4.91. The maximum atomic E-state index is 13.0. The van der Waals surface area contributed by atoms with Gasteiger partial charge in [-0.2, -0.15) is 0 Å². The number of nitrogens with two attached hydrogens (primary N) is 1. The maximum absolute atomic E-state index is 13.0. The number of hydrogen-bond acceptors (Lipinski definition) is 3. The second kappa shape index (κ2) is 4.72. The topological polar surface area (TPSA) is 66.5 Å². The summed E-state index contributed by atoms with van der Waals surface area (Å²) in [5.74, 6) is -1.21. The van der Waals surface area contributed by atoms with Crippen LogP contribution in [0.4, 0.5) is 4.39 Å². The Balaban J connectivity index is 3.00. The number of aliphatic hydroxyl groups excluding tert-OH is 1. The van der Waals surface area contributed by atoms with E-state index in [0.717, 1.165) is 6.07 Å². The summed E-state index contributed by atoms with van der Waals surface area (Å²) in [5.41, 5.74) is 5.66. The second-order valence-corrected chi connectivity index (χ2v) is 3.78. The molecular weight excluding hydrogens is 253 g/mol. The van der Waals surface area contributed by atoms with Crippen molar-refractivity contribution in [3.63, 3.8) is 0 Å². The van der Waals surface area contributed by atoms with Crippen LogP contribution >= 0.6 is 15.9 Å². The molecule has 1 aromatic rings. The molecule has 3 nitrogen and oxygen atoms in total. The van der Waals surface area contributed by atoms with Gasteiger partial charge in [0, 0.05) is 0 Å². The molecule has 1 unspecified atom stereocenters. The Kier molecular flexibility index (Phi) is 3.86. The van der Waals surface area contributed by atoms with E-state index >= 15 is 0 Å². The Hall–Kier alpha value is -0.650. The summed E-state index contributed by atoms with van der Waals surface area (Å²) >= 11 is 2.98. The Morgan fingerprint density at radius 1 is 1.50 bits per heavy atom. The van der Waals surface area contributed by atoms with Crippen LogP contribution in [0.5, 0.6) is 5.75 Å². The number of aliphatic hydroxyl groups is 1. The number of halogens is 2. The Labute approximate surface area is 89.5 Å². The number of rotatable bonds is 3. The van der Waals surface area contributed by atoms with Gasteiger partial charge in [0.1, 0.15) is 0 Å². The van der Waals surface area contributed by atoms with Crippen molar-refractivity contribution >= 4 is 15.9 Å². The number of hydrogen-bond donors (Lipinski definition) is 3. The molecule has 0 saturated heterocycles. The van der Waals surface area contributed by atoms with Crippen LogP contribution in [0.25, 0.3) is 0 Å². The fraction of sp³-hybridized carbons (Fsp3) is 0.333. The molecule has 14 heavy (non-hydrogen) atoms. The van der Waals surface area contributed by atoms with Gasteiger partial charge in [0.25, 0.3) is 0 Å². The fourth-order valence-corrected chi connectivity index (χ4v) is 1.56. The minimum Gasteiger partial charge on any atom is -0.504 e. The summed E-state index contributed by atoms with van der Waals surface area (Å²) in [5, 5.41) is 18.6. The highest BCUT2D eigenvalue weighted by atomic mass is 79.9. The minimum absolute atomic E-state index is 0.226. The number of benzene rings is 1. The molecule has 0 amide bonds. The van der Waals surface area contributed by atoms with Crippen molar-refractivity contribution in [2.75, 3.05) is 6.54 Å². The van der Waals surface area contributed by atoms with E-state index in [1.165, 1.54) is 6.07 Å². The van der Waals surface area contributed by atoms with E-state index < -0.39 is 17.7 Å². The molecule has 78 valence electrons. The molecule has 0 aliphatic heterocycles. The minimum atomic E-state index is -0.800.